The van der Waals surface area contributed by atoms with Crippen LogP contribution in [0.1, 0.15) is 23.3 Å². The van der Waals surface area contributed by atoms with Gasteiger partial charge in [0.1, 0.15) is 11.7 Å². The van der Waals surface area contributed by atoms with Gasteiger partial charge in [-0.2, -0.15) is 0 Å². The van der Waals surface area contributed by atoms with Crippen LogP contribution in [0.25, 0.3) is 10.9 Å². The number of likely N-dealkylation sites (tertiary alicyclic amines) is 1. The molecule has 1 aromatic heterocycles. The lowest BCUT2D eigenvalue weighted by Crippen LogP contribution is -2.41. The third kappa shape index (κ3) is 2.52. The minimum Gasteiger partial charge on any atom is -0.480 e. The average Bonchev–Trinajstić information content (AvgIpc) is 2.96. The van der Waals surface area contributed by atoms with Crippen molar-refractivity contribution < 1.29 is 14.7 Å². The van der Waals surface area contributed by atoms with Crippen molar-refractivity contribution in [3.05, 3.63) is 44.7 Å². The zero-order chi connectivity index (χ0) is 15.9. The van der Waals surface area contributed by atoms with E-state index in [0.29, 0.717) is 30.3 Å². The van der Waals surface area contributed by atoms with Crippen molar-refractivity contribution >= 4 is 38.7 Å². The highest BCUT2D eigenvalue weighted by atomic mass is 79.9. The molecule has 0 saturated carbocycles. The summed E-state index contributed by atoms with van der Waals surface area (Å²) >= 11 is 3.30. The number of aliphatic carboxylic acids is 1. The lowest BCUT2D eigenvalue weighted by molar-refractivity contribution is -0.141. The molecule has 1 aliphatic rings. The molecule has 3 rings (SSSR count). The topological polar surface area (TPSA) is 90.5 Å². The van der Waals surface area contributed by atoms with Crippen molar-refractivity contribution in [1.82, 2.24) is 9.88 Å². The Morgan fingerprint density at radius 1 is 1.32 bits per heavy atom. The molecule has 2 aromatic rings. The van der Waals surface area contributed by atoms with E-state index in [9.17, 15) is 14.4 Å². The van der Waals surface area contributed by atoms with Crippen molar-refractivity contribution in [1.29, 1.82) is 0 Å². The average molecular weight is 365 g/mol. The van der Waals surface area contributed by atoms with Gasteiger partial charge in [0.25, 0.3) is 5.91 Å². The number of H-pyrrole nitrogens is 1. The number of carboxylic acids is 1. The van der Waals surface area contributed by atoms with Crippen LogP contribution in [0.4, 0.5) is 0 Å². The van der Waals surface area contributed by atoms with Gasteiger partial charge in [-0.1, -0.05) is 15.9 Å². The Hall–Kier alpha value is -2.15. The van der Waals surface area contributed by atoms with Crippen molar-refractivity contribution in [3.63, 3.8) is 0 Å². The monoisotopic (exact) mass is 364 g/mol. The van der Waals surface area contributed by atoms with Gasteiger partial charge in [-0.25, -0.2) is 4.79 Å². The first-order valence-electron chi connectivity index (χ1n) is 6.84. The first-order chi connectivity index (χ1) is 10.5. The number of rotatable bonds is 2. The van der Waals surface area contributed by atoms with Gasteiger partial charge in [0.05, 0.1) is 0 Å². The summed E-state index contributed by atoms with van der Waals surface area (Å²) in [6, 6.07) is 5.56. The molecule has 1 atom stereocenters. The zero-order valence-electron chi connectivity index (χ0n) is 11.5. The molecule has 0 aliphatic carbocycles. The molecule has 0 spiro atoms. The van der Waals surface area contributed by atoms with E-state index in [1.165, 1.54) is 11.0 Å². The summed E-state index contributed by atoms with van der Waals surface area (Å²) in [6.07, 6.45) is 1.08. The summed E-state index contributed by atoms with van der Waals surface area (Å²) in [6.45, 7) is 0.385. The number of nitrogens with zero attached hydrogens (tertiary/aromatic N) is 1. The highest BCUT2D eigenvalue weighted by Gasteiger charge is 2.34. The summed E-state index contributed by atoms with van der Waals surface area (Å²) in [4.78, 5) is 40.1. The minimum absolute atomic E-state index is 0.118. The van der Waals surface area contributed by atoms with Gasteiger partial charge in [-0.05, 0) is 31.0 Å². The molecular weight excluding hydrogens is 352 g/mol. The van der Waals surface area contributed by atoms with Gasteiger partial charge in [0.15, 0.2) is 5.43 Å². The molecule has 1 fully saturated rings. The lowest BCUT2D eigenvalue weighted by atomic mass is 10.1. The Bertz CT molecular complexity index is 830. The predicted octanol–water partition coefficient (Wildman–Crippen LogP) is 1.98. The number of pyridine rings is 1. The summed E-state index contributed by atoms with van der Waals surface area (Å²) < 4.78 is 0.773. The summed E-state index contributed by atoms with van der Waals surface area (Å²) in [5.74, 6) is -1.47. The molecule has 1 amide bonds. The molecule has 0 radical (unpaired) electrons. The fraction of sp³-hybridized carbons (Fsp3) is 0.267. The number of hydrogen-bond donors (Lipinski definition) is 2. The maximum absolute atomic E-state index is 12.5. The maximum Gasteiger partial charge on any atom is 0.326 e. The molecule has 114 valence electrons. The molecule has 0 unspecified atom stereocenters. The van der Waals surface area contributed by atoms with Gasteiger partial charge in [-0.15, -0.1) is 0 Å². The number of halogens is 1. The zero-order valence-corrected chi connectivity index (χ0v) is 13.1. The van der Waals surface area contributed by atoms with Gasteiger partial charge < -0.3 is 15.0 Å². The van der Waals surface area contributed by atoms with E-state index in [-0.39, 0.29) is 11.1 Å². The molecule has 1 aliphatic heterocycles. The van der Waals surface area contributed by atoms with Crippen LogP contribution in [0.3, 0.4) is 0 Å². The van der Waals surface area contributed by atoms with Crippen LogP contribution in [0.5, 0.6) is 0 Å². The third-order valence-electron chi connectivity index (χ3n) is 3.82. The number of benzene rings is 1. The molecule has 7 heteroatoms. The number of aromatic amines is 1. The van der Waals surface area contributed by atoms with E-state index in [1.807, 2.05) is 0 Å². The van der Waals surface area contributed by atoms with Crippen molar-refractivity contribution in [2.75, 3.05) is 6.54 Å². The van der Waals surface area contributed by atoms with Gasteiger partial charge in [0, 0.05) is 28.0 Å². The van der Waals surface area contributed by atoms with Crippen molar-refractivity contribution in [2.24, 2.45) is 0 Å². The van der Waals surface area contributed by atoms with E-state index in [4.69, 9.17) is 5.11 Å². The van der Waals surface area contributed by atoms with Crippen molar-refractivity contribution in [2.45, 2.75) is 18.9 Å². The first kappa shape index (κ1) is 14.8. The molecule has 1 aromatic carbocycles. The predicted molar refractivity (Wildman–Crippen MR) is 84.0 cm³/mol. The second-order valence-electron chi connectivity index (χ2n) is 5.23. The number of nitrogens with one attached hydrogen (secondary N) is 1. The third-order valence-corrected chi connectivity index (χ3v) is 4.31. The molecule has 1 saturated heterocycles. The smallest absolute Gasteiger partial charge is 0.326 e. The Kier molecular flexibility index (Phi) is 3.74. The van der Waals surface area contributed by atoms with E-state index in [0.717, 1.165) is 4.47 Å². The normalized spacial score (nSPS) is 17.9. The Morgan fingerprint density at radius 3 is 2.82 bits per heavy atom. The summed E-state index contributed by atoms with van der Waals surface area (Å²) in [5.41, 5.74) is 0.391. The van der Waals surface area contributed by atoms with E-state index in [2.05, 4.69) is 20.9 Å². The Labute approximate surface area is 133 Å². The molecular formula is C15H13BrN2O4. The molecule has 2 heterocycles. The van der Waals surface area contributed by atoms with Crippen LogP contribution in [0, 0.1) is 0 Å². The van der Waals surface area contributed by atoms with Crippen molar-refractivity contribution in [3.8, 4) is 0 Å². The molecule has 2 N–H and O–H groups in total. The number of hydrogen-bond acceptors (Lipinski definition) is 3. The largest absolute Gasteiger partial charge is 0.480 e. The number of amides is 1. The van der Waals surface area contributed by atoms with E-state index < -0.39 is 17.9 Å². The maximum atomic E-state index is 12.5. The molecule has 22 heavy (non-hydrogen) atoms. The van der Waals surface area contributed by atoms with Gasteiger partial charge in [0.2, 0.25) is 0 Å². The van der Waals surface area contributed by atoms with Crippen LogP contribution >= 0.6 is 15.9 Å². The SMILES string of the molecule is O=C(O)[C@H]1CCCN1C(=O)c1cc(=O)c2cc(Br)ccc2[nH]1. The second kappa shape index (κ2) is 5.57. The molecule has 0 bridgehead atoms. The second-order valence-corrected chi connectivity index (χ2v) is 6.15. The first-order valence-corrected chi connectivity index (χ1v) is 7.63. The number of carboxylic acid groups (broad SMARTS) is 1. The number of carbonyl (C=O) groups excluding carboxylic acids is 1. The highest BCUT2D eigenvalue weighted by Crippen LogP contribution is 2.21. The number of carbonyl (C=O) groups is 2. The van der Waals surface area contributed by atoms with Crippen LogP contribution in [0.2, 0.25) is 0 Å². The highest BCUT2D eigenvalue weighted by molar-refractivity contribution is 9.10. The fourth-order valence-corrected chi connectivity index (χ4v) is 3.12. The number of fused-ring (bicyclic) bond motifs is 1. The van der Waals surface area contributed by atoms with Crippen LogP contribution < -0.4 is 5.43 Å². The number of aromatic nitrogens is 1. The van der Waals surface area contributed by atoms with Crippen LogP contribution in [-0.4, -0.2) is 39.5 Å². The fourth-order valence-electron chi connectivity index (χ4n) is 2.76. The Morgan fingerprint density at radius 2 is 2.09 bits per heavy atom. The van der Waals surface area contributed by atoms with Gasteiger partial charge in [-0.3, -0.25) is 9.59 Å². The standard InChI is InChI=1S/C15H13BrN2O4/c16-8-3-4-10-9(6-8)13(19)7-11(17-10)14(20)18-5-1-2-12(18)15(21)22/h3-4,6-7,12H,1-2,5H2,(H,17,19)(H,21,22)/t12-/m1/s1. The lowest BCUT2D eigenvalue weighted by Gasteiger charge is -2.21. The minimum atomic E-state index is -1.02. The van der Waals surface area contributed by atoms with Crippen LogP contribution in [-0.2, 0) is 4.79 Å². The summed E-state index contributed by atoms with van der Waals surface area (Å²) in [5, 5.41) is 9.64. The Balaban J connectivity index is 2.03. The summed E-state index contributed by atoms with van der Waals surface area (Å²) in [7, 11) is 0. The van der Waals surface area contributed by atoms with Gasteiger partial charge >= 0.3 is 5.97 Å². The van der Waals surface area contributed by atoms with E-state index >= 15 is 0 Å². The van der Waals surface area contributed by atoms with E-state index in [1.54, 1.807) is 18.2 Å². The van der Waals surface area contributed by atoms with Crippen LogP contribution in [0.15, 0.2) is 33.5 Å². The molecule has 6 nitrogen and oxygen atoms in total. The quantitative estimate of drug-likeness (QED) is 0.852.